The van der Waals surface area contributed by atoms with E-state index >= 15 is 0 Å². The molecular formula is C11H19N3O2S. The number of likely N-dealkylation sites (tertiary alicyclic amines) is 1. The summed E-state index contributed by atoms with van der Waals surface area (Å²) in [5.41, 5.74) is 4.56. The summed E-state index contributed by atoms with van der Waals surface area (Å²) in [6.07, 6.45) is 2.08. The van der Waals surface area contributed by atoms with Crippen molar-refractivity contribution in [1.29, 1.82) is 0 Å². The van der Waals surface area contributed by atoms with Crippen molar-refractivity contribution < 1.29 is 9.59 Å². The highest BCUT2D eigenvalue weighted by molar-refractivity contribution is 7.80. The van der Waals surface area contributed by atoms with Crippen LogP contribution in [0.15, 0.2) is 0 Å². The number of thiocarbonyl (C=S) groups is 1. The molecule has 96 valence electrons. The van der Waals surface area contributed by atoms with Crippen LogP contribution in [0.2, 0.25) is 0 Å². The Balaban J connectivity index is 2.42. The van der Waals surface area contributed by atoms with Crippen LogP contribution in [0.5, 0.6) is 0 Å². The fourth-order valence-electron chi connectivity index (χ4n) is 1.57. The van der Waals surface area contributed by atoms with Gasteiger partial charge in [0.2, 0.25) is 11.8 Å². The zero-order chi connectivity index (χ0) is 13.1. The molecule has 0 atom stereocenters. The number of nitrogens with one attached hydrogen (secondary N) is 1. The number of hydrogen-bond donors (Lipinski definition) is 2. The highest BCUT2D eigenvalue weighted by Gasteiger charge is 2.31. The maximum absolute atomic E-state index is 11.8. The van der Waals surface area contributed by atoms with Crippen LogP contribution in [-0.4, -0.2) is 41.3 Å². The molecule has 0 radical (unpaired) electrons. The summed E-state index contributed by atoms with van der Waals surface area (Å²) in [6, 6.07) is 0. The van der Waals surface area contributed by atoms with Crippen molar-refractivity contribution in [2.24, 2.45) is 11.1 Å². The first-order chi connectivity index (χ1) is 7.85. The van der Waals surface area contributed by atoms with Crippen LogP contribution >= 0.6 is 12.2 Å². The molecule has 1 heterocycles. The summed E-state index contributed by atoms with van der Waals surface area (Å²) in [6.45, 7) is 4.88. The zero-order valence-electron chi connectivity index (χ0n) is 10.3. The molecule has 0 aliphatic carbocycles. The zero-order valence-corrected chi connectivity index (χ0v) is 11.1. The van der Waals surface area contributed by atoms with Crippen LogP contribution in [0.4, 0.5) is 0 Å². The molecule has 2 amide bonds. The monoisotopic (exact) mass is 257 g/mol. The van der Waals surface area contributed by atoms with Crippen molar-refractivity contribution in [2.75, 3.05) is 19.6 Å². The molecule has 0 bridgehead atoms. The molecule has 0 spiro atoms. The molecule has 0 aromatic heterocycles. The summed E-state index contributed by atoms with van der Waals surface area (Å²) in [4.78, 5) is 25.4. The Hall–Kier alpha value is -1.17. The maximum Gasteiger partial charge on any atom is 0.241 e. The second-order valence-electron chi connectivity index (χ2n) is 4.76. The molecule has 0 aromatic carbocycles. The average molecular weight is 257 g/mol. The van der Waals surface area contributed by atoms with Gasteiger partial charge in [0.25, 0.3) is 0 Å². The van der Waals surface area contributed by atoms with E-state index in [1.165, 1.54) is 0 Å². The predicted molar refractivity (Wildman–Crippen MR) is 69.4 cm³/mol. The number of carbonyl (C=O) groups excluding carboxylic acids is 2. The lowest BCUT2D eigenvalue weighted by Crippen LogP contribution is -2.48. The van der Waals surface area contributed by atoms with Gasteiger partial charge in [-0.15, -0.1) is 0 Å². The first-order valence-electron chi connectivity index (χ1n) is 5.71. The van der Waals surface area contributed by atoms with Crippen LogP contribution in [0.25, 0.3) is 0 Å². The Labute approximate surface area is 107 Å². The highest BCUT2D eigenvalue weighted by atomic mass is 32.1. The van der Waals surface area contributed by atoms with Gasteiger partial charge in [0.15, 0.2) is 0 Å². The van der Waals surface area contributed by atoms with Gasteiger partial charge in [-0.2, -0.15) is 0 Å². The van der Waals surface area contributed by atoms with Gasteiger partial charge in [0.05, 0.1) is 16.9 Å². The molecule has 1 saturated heterocycles. The third kappa shape index (κ3) is 3.39. The molecule has 1 aliphatic heterocycles. The molecule has 0 unspecified atom stereocenters. The molecule has 0 aromatic rings. The van der Waals surface area contributed by atoms with E-state index in [4.69, 9.17) is 18.0 Å². The van der Waals surface area contributed by atoms with Crippen molar-refractivity contribution in [3.63, 3.8) is 0 Å². The van der Waals surface area contributed by atoms with E-state index in [1.807, 2.05) is 0 Å². The van der Waals surface area contributed by atoms with E-state index in [9.17, 15) is 9.59 Å². The Morgan fingerprint density at radius 1 is 1.35 bits per heavy atom. The predicted octanol–water partition coefficient (Wildman–Crippen LogP) is 0.0373. The second-order valence-corrected chi connectivity index (χ2v) is 5.20. The Morgan fingerprint density at radius 2 is 1.88 bits per heavy atom. The van der Waals surface area contributed by atoms with Crippen LogP contribution in [-0.2, 0) is 9.59 Å². The van der Waals surface area contributed by atoms with Gasteiger partial charge in [-0.3, -0.25) is 9.59 Å². The third-order valence-electron chi connectivity index (χ3n) is 3.04. The molecule has 17 heavy (non-hydrogen) atoms. The van der Waals surface area contributed by atoms with Crippen molar-refractivity contribution >= 4 is 29.0 Å². The van der Waals surface area contributed by atoms with Crippen molar-refractivity contribution in [3.05, 3.63) is 0 Å². The minimum absolute atomic E-state index is 0.0187. The highest BCUT2D eigenvalue weighted by Crippen LogP contribution is 2.15. The largest absolute Gasteiger partial charge is 0.392 e. The number of rotatable bonds is 4. The van der Waals surface area contributed by atoms with Crippen molar-refractivity contribution in [1.82, 2.24) is 10.2 Å². The topological polar surface area (TPSA) is 75.4 Å². The van der Waals surface area contributed by atoms with Crippen molar-refractivity contribution in [2.45, 2.75) is 26.7 Å². The van der Waals surface area contributed by atoms with E-state index in [2.05, 4.69) is 5.32 Å². The maximum atomic E-state index is 11.8. The van der Waals surface area contributed by atoms with Gasteiger partial charge < -0.3 is 16.0 Å². The van der Waals surface area contributed by atoms with Crippen LogP contribution in [0.3, 0.4) is 0 Å². The summed E-state index contributed by atoms with van der Waals surface area (Å²) in [5, 5.41) is 2.58. The fraction of sp³-hybridized carbons (Fsp3) is 0.727. The summed E-state index contributed by atoms with van der Waals surface area (Å²) >= 11 is 4.82. The molecule has 6 heteroatoms. The van der Waals surface area contributed by atoms with Crippen molar-refractivity contribution in [3.8, 4) is 0 Å². The quantitative estimate of drug-likeness (QED) is 0.697. The smallest absolute Gasteiger partial charge is 0.241 e. The molecule has 1 aliphatic rings. The lowest BCUT2D eigenvalue weighted by molar-refractivity contribution is -0.133. The van der Waals surface area contributed by atoms with Crippen LogP contribution in [0, 0.1) is 5.41 Å². The number of nitrogens with two attached hydrogens (primary N) is 1. The number of amides is 2. The first kappa shape index (κ1) is 13.9. The lowest BCUT2D eigenvalue weighted by atomic mass is 9.92. The molecule has 1 fully saturated rings. The minimum atomic E-state index is -0.916. The third-order valence-corrected chi connectivity index (χ3v) is 3.55. The minimum Gasteiger partial charge on any atom is -0.392 e. The number of hydrogen-bond acceptors (Lipinski definition) is 3. The number of carbonyl (C=O) groups is 2. The average Bonchev–Trinajstić information content (AvgIpc) is 2.78. The lowest BCUT2D eigenvalue weighted by Gasteiger charge is -2.23. The van der Waals surface area contributed by atoms with E-state index in [0.717, 1.165) is 25.9 Å². The summed E-state index contributed by atoms with van der Waals surface area (Å²) < 4.78 is 0. The van der Waals surface area contributed by atoms with Gasteiger partial charge in [0, 0.05) is 13.1 Å². The van der Waals surface area contributed by atoms with E-state index in [0.29, 0.717) is 0 Å². The second kappa shape index (κ2) is 5.44. The van der Waals surface area contributed by atoms with Gasteiger partial charge in [-0.1, -0.05) is 12.2 Å². The molecule has 3 N–H and O–H groups in total. The Kier molecular flexibility index (Phi) is 4.45. The fourth-order valence-corrected chi connectivity index (χ4v) is 1.66. The van der Waals surface area contributed by atoms with E-state index in [-0.39, 0.29) is 23.3 Å². The van der Waals surface area contributed by atoms with E-state index in [1.54, 1.807) is 18.7 Å². The Morgan fingerprint density at radius 3 is 2.35 bits per heavy atom. The molecule has 0 saturated carbocycles. The summed E-state index contributed by atoms with van der Waals surface area (Å²) in [5.74, 6) is -0.355. The van der Waals surface area contributed by atoms with E-state index < -0.39 is 5.41 Å². The molecule has 1 rings (SSSR count). The van der Waals surface area contributed by atoms with Gasteiger partial charge in [0.1, 0.15) is 0 Å². The standard InChI is InChI=1S/C11H19N3O2S/c1-11(2,9(12)17)10(16)13-7-8(15)14-5-3-4-6-14/h3-7H2,1-2H3,(H2,12,17)(H,13,16). The van der Waals surface area contributed by atoms with Crippen LogP contribution in [0.1, 0.15) is 26.7 Å². The van der Waals surface area contributed by atoms with Gasteiger partial charge >= 0.3 is 0 Å². The van der Waals surface area contributed by atoms with Gasteiger partial charge in [-0.25, -0.2) is 0 Å². The van der Waals surface area contributed by atoms with Crippen LogP contribution < -0.4 is 11.1 Å². The molecular weight excluding hydrogens is 238 g/mol. The molecule has 5 nitrogen and oxygen atoms in total. The Bertz CT molecular complexity index is 336. The van der Waals surface area contributed by atoms with Gasteiger partial charge in [-0.05, 0) is 26.7 Å². The number of nitrogens with zero attached hydrogens (tertiary/aromatic N) is 1. The summed E-state index contributed by atoms with van der Waals surface area (Å²) in [7, 11) is 0. The normalized spacial score (nSPS) is 15.8. The SMILES string of the molecule is CC(C)(C(=O)NCC(=O)N1CCCC1)C(N)=S. The first-order valence-corrected chi connectivity index (χ1v) is 6.12.